The Bertz CT molecular complexity index is 476. The van der Waals surface area contributed by atoms with E-state index in [1.807, 2.05) is 30.3 Å². The van der Waals surface area contributed by atoms with E-state index in [1.165, 1.54) is 0 Å². The van der Waals surface area contributed by atoms with Crippen molar-refractivity contribution in [2.45, 2.75) is 25.3 Å². The molecule has 1 aliphatic rings. The number of ether oxygens (including phenoxy) is 1. The van der Waals surface area contributed by atoms with Crippen LogP contribution in [0.25, 0.3) is 0 Å². The van der Waals surface area contributed by atoms with Crippen LogP contribution < -0.4 is 10.1 Å². The van der Waals surface area contributed by atoms with E-state index in [1.54, 1.807) is 0 Å². The molecule has 1 aliphatic heterocycles. The van der Waals surface area contributed by atoms with Crippen molar-refractivity contribution < 1.29 is 9.53 Å². The molecule has 1 heterocycles. The van der Waals surface area contributed by atoms with Crippen molar-refractivity contribution in [2.75, 3.05) is 26.2 Å². The molecule has 0 unspecified atom stereocenters. The third-order valence-electron chi connectivity index (χ3n) is 3.59. The summed E-state index contributed by atoms with van der Waals surface area (Å²) in [7, 11) is 0. The molecule has 0 atom stereocenters. The summed E-state index contributed by atoms with van der Waals surface area (Å²) in [6.45, 7) is 2.62. The van der Waals surface area contributed by atoms with E-state index < -0.39 is 0 Å². The normalized spacial score (nSPS) is 16.1. The fraction of sp³-hybridized carbons (Fsp3) is 0.500. The Morgan fingerprint density at radius 1 is 1.33 bits per heavy atom. The molecule has 0 radical (unpaired) electrons. The number of likely N-dealkylation sites (tertiary alicyclic amines) is 1. The lowest BCUT2D eigenvalue weighted by Gasteiger charge is -2.30. The standard InChI is InChI=1S/C16H21N3O2/c17-9-12-19-10-6-14(7-11-19)18-16(20)8-13-21-15-4-2-1-3-5-15/h1-5,14H,6-8,10-13H2,(H,18,20). The minimum Gasteiger partial charge on any atom is -0.493 e. The Morgan fingerprint density at radius 3 is 2.71 bits per heavy atom. The van der Waals surface area contributed by atoms with Crippen molar-refractivity contribution in [1.82, 2.24) is 10.2 Å². The predicted molar refractivity (Wildman–Crippen MR) is 79.8 cm³/mol. The third-order valence-corrected chi connectivity index (χ3v) is 3.59. The van der Waals surface area contributed by atoms with Gasteiger partial charge in [0.1, 0.15) is 5.75 Å². The zero-order chi connectivity index (χ0) is 14.9. The first-order valence-corrected chi connectivity index (χ1v) is 7.34. The van der Waals surface area contributed by atoms with Crippen LogP contribution in [0.5, 0.6) is 5.75 Å². The van der Waals surface area contributed by atoms with Crippen LogP contribution in [0, 0.1) is 11.3 Å². The summed E-state index contributed by atoms with van der Waals surface area (Å²) in [6.07, 6.45) is 2.19. The molecule has 1 aromatic carbocycles. The van der Waals surface area contributed by atoms with Gasteiger partial charge in [-0.05, 0) is 25.0 Å². The smallest absolute Gasteiger partial charge is 0.223 e. The zero-order valence-electron chi connectivity index (χ0n) is 12.1. The van der Waals surface area contributed by atoms with E-state index in [0.717, 1.165) is 31.7 Å². The Kier molecular flexibility index (Phi) is 6.04. The number of amides is 1. The largest absolute Gasteiger partial charge is 0.493 e. The maximum atomic E-state index is 11.9. The predicted octanol–water partition coefficient (Wildman–Crippen LogP) is 1.56. The van der Waals surface area contributed by atoms with Crippen LogP contribution in [0.3, 0.4) is 0 Å². The van der Waals surface area contributed by atoms with Gasteiger partial charge in [0.2, 0.25) is 5.91 Å². The van der Waals surface area contributed by atoms with Crippen LogP contribution in [0.15, 0.2) is 30.3 Å². The monoisotopic (exact) mass is 287 g/mol. The van der Waals surface area contributed by atoms with Crippen molar-refractivity contribution in [3.05, 3.63) is 30.3 Å². The summed E-state index contributed by atoms with van der Waals surface area (Å²) in [5, 5.41) is 11.7. The molecule has 1 N–H and O–H groups in total. The SMILES string of the molecule is N#CCN1CCC(NC(=O)CCOc2ccccc2)CC1. The van der Waals surface area contributed by atoms with Gasteiger partial charge in [-0.3, -0.25) is 9.69 Å². The van der Waals surface area contributed by atoms with E-state index in [0.29, 0.717) is 19.6 Å². The second-order valence-corrected chi connectivity index (χ2v) is 5.19. The topological polar surface area (TPSA) is 65.4 Å². The lowest BCUT2D eigenvalue weighted by molar-refractivity contribution is -0.122. The van der Waals surface area contributed by atoms with Gasteiger partial charge in [0.25, 0.3) is 0 Å². The molecule has 2 rings (SSSR count). The molecule has 1 fully saturated rings. The third kappa shape index (κ3) is 5.44. The van der Waals surface area contributed by atoms with Gasteiger partial charge in [0, 0.05) is 19.1 Å². The Hall–Kier alpha value is -2.06. The zero-order valence-corrected chi connectivity index (χ0v) is 12.1. The van der Waals surface area contributed by atoms with Crippen molar-refractivity contribution in [1.29, 1.82) is 5.26 Å². The number of hydrogen-bond donors (Lipinski definition) is 1. The quantitative estimate of drug-likeness (QED) is 0.806. The number of carbonyl (C=O) groups is 1. The maximum absolute atomic E-state index is 11.9. The van der Waals surface area contributed by atoms with Crippen LogP contribution in [0.2, 0.25) is 0 Å². The number of nitrogens with zero attached hydrogens (tertiary/aromatic N) is 2. The first kappa shape index (κ1) is 15.3. The van der Waals surface area contributed by atoms with Crippen molar-refractivity contribution >= 4 is 5.91 Å². The van der Waals surface area contributed by atoms with Crippen LogP contribution in [0.4, 0.5) is 0 Å². The summed E-state index contributed by atoms with van der Waals surface area (Å²) in [5.74, 6) is 0.819. The van der Waals surface area contributed by atoms with Gasteiger partial charge < -0.3 is 10.1 Å². The average molecular weight is 287 g/mol. The van der Waals surface area contributed by atoms with Gasteiger partial charge in [-0.2, -0.15) is 5.26 Å². The number of benzene rings is 1. The molecule has 5 nitrogen and oxygen atoms in total. The highest BCUT2D eigenvalue weighted by atomic mass is 16.5. The Balaban J connectivity index is 1.61. The Labute approximate surface area is 125 Å². The highest BCUT2D eigenvalue weighted by Gasteiger charge is 2.20. The van der Waals surface area contributed by atoms with E-state index in [-0.39, 0.29) is 11.9 Å². The number of nitrogens with one attached hydrogen (secondary N) is 1. The highest BCUT2D eigenvalue weighted by molar-refractivity contribution is 5.76. The minimum absolute atomic E-state index is 0.0321. The number of piperidine rings is 1. The summed E-state index contributed by atoms with van der Waals surface area (Å²) < 4.78 is 5.51. The van der Waals surface area contributed by atoms with Crippen molar-refractivity contribution in [2.24, 2.45) is 0 Å². The molecule has 5 heteroatoms. The number of para-hydroxylation sites is 1. The number of nitriles is 1. The molecular weight excluding hydrogens is 266 g/mol. The second kappa shape index (κ2) is 8.28. The van der Waals surface area contributed by atoms with Gasteiger partial charge in [-0.1, -0.05) is 18.2 Å². The second-order valence-electron chi connectivity index (χ2n) is 5.19. The molecule has 0 bridgehead atoms. The lowest BCUT2D eigenvalue weighted by atomic mass is 10.1. The molecule has 1 saturated heterocycles. The van der Waals surface area contributed by atoms with E-state index >= 15 is 0 Å². The summed E-state index contributed by atoms with van der Waals surface area (Å²) >= 11 is 0. The highest BCUT2D eigenvalue weighted by Crippen LogP contribution is 2.11. The molecule has 0 aliphatic carbocycles. The molecule has 1 aromatic rings. The van der Waals surface area contributed by atoms with Crippen LogP contribution >= 0.6 is 0 Å². The van der Waals surface area contributed by atoms with Gasteiger partial charge in [-0.15, -0.1) is 0 Å². The van der Waals surface area contributed by atoms with Crippen LogP contribution in [-0.4, -0.2) is 43.1 Å². The van der Waals surface area contributed by atoms with Crippen LogP contribution in [0.1, 0.15) is 19.3 Å². The van der Waals surface area contributed by atoms with Crippen molar-refractivity contribution in [3.63, 3.8) is 0 Å². The maximum Gasteiger partial charge on any atom is 0.223 e. The first-order chi connectivity index (χ1) is 10.3. The number of hydrogen-bond acceptors (Lipinski definition) is 4. The van der Waals surface area contributed by atoms with Gasteiger partial charge in [0.05, 0.1) is 25.6 Å². The van der Waals surface area contributed by atoms with E-state index in [9.17, 15) is 4.79 Å². The lowest BCUT2D eigenvalue weighted by Crippen LogP contribution is -2.44. The molecule has 0 spiro atoms. The molecule has 112 valence electrons. The van der Waals surface area contributed by atoms with Crippen LogP contribution in [-0.2, 0) is 4.79 Å². The summed E-state index contributed by atoms with van der Waals surface area (Å²) in [6, 6.07) is 11.9. The fourth-order valence-corrected chi connectivity index (χ4v) is 2.41. The van der Waals surface area contributed by atoms with Gasteiger partial charge >= 0.3 is 0 Å². The first-order valence-electron chi connectivity index (χ1n) is 7.34. The molecular formula is C16H21N3O2. The fourth-order valence-electron chi connectivity index (χ4n) is 2.41. The Morgan fingerprint density at radius 2 is 2.05 bits per heavy atom. The summed E-state index contributed by atoms with van der Waals surface area (Å²) in [4.78, 5) is 14.0. The molecule has 0 saturated carbocycles. The van der Waals surface area contributed by atoms with Gasteiger partial charge in [0.15, 0.2) is 0 Å². The molecule has 1 amide bonds. The van der Waals surface area contributed by atoms with E-state index in [4.69, 9.17) is 10.00 Å². The van der Waals surface area contributed by atoms with Gasteiger partial charge in [-0.25, -0.2) is 0 Å². The number of rotatable bonds is 6. The number of carbonyl (C=O) groups excluding carboxylic acids is 1. The van der Waals surface area contributed by atoms with E-state index in [2.05, 4.69) is 16.3 Å². The summed E-state index contributed by atoms with van der Waals surface area (Å²) in [5.41, 5.74) is 0. The molecule has 21 heavy (non-hydrogen) atoms. The molecule has 0 aromatic heterocycles. The average Bonchev–Trinajstić information content (AvgIpc) is 2.51. The van der Waals surface area contributed by atoms with Crippen molar-refractivity contribution in [3.8, 4) is 11.8 Å². The minimum atomic E-state index is 0.0321.